The van der Waals surface area contributed by atoms with Gasteiger partial charge in [0.2, 0.25) is 5.91 Å². The molecule has 4 nitrogen and oxygen atoms in total. The molecule has 2 rings (SSSR count). The van der Waals surface area contributed by atoms with Gasteiger partial charge in [-0.05, 0) is 58.2 Å². The second kappa shape index (κ2) is 7.92. The first kappa shape index (κ1) is 21.9. The summed E-state index contributed by atoms with van der Waals surface area (Å²) in [6.07, 6.45) is 1.54. The number of rotatable bonds is 6. The smallest absolute Gasteiger partial charge is 0.403 e. The number of aryl methyl sites for hydroxylation is 1. The third kappa shape index (κ3) is 5.55. The molecule has 6 heteroatoms. The van der Waals surface area contributed by atoms with Crippen molar-refractivity contribution in [3.8, 4) is 0 Å². The number of halogens is 1. The van der Waals surface area contributed by atoms with Gasteiger partial charge in [-0.25, -0.2) is 4.39 Å². The van der Waals surface area contributed by atoms with Gasteiger partial charge >= 0.3 is 7.12 Å². The van der Waals surface area contributed by atoms with E-state index in [0.29, 0.717) is 6.54 Å². The molecule has 1 saturated heterocycles. The number of benzene rings is 1. The monoisotopic (exact) mass is 377 g/mol. The predicted molar refractivity (Wildman–Crippen MR) is 107 cm³/mol. The Labute approximate surface area is 163 Å². The fraction of sp³-hybridized carbons (Fsp3) is 0.667. The van der Waals surface area contributed by atoms with E-state index in [-0.39, 0.29) is 17.5 Å². The highest BCUT2D eigenvalue weighted by atomic mass is 19.1. The van der Waals surface area contributed by atoms with Crippen LogP contribution in [0.5, 0.6) is 0 Å². The molecule has 0 aromatic heterocycles. The normalized spacial score (nSPS) is 19.8. The van der Waals surface area contributed by atoms with Crippen LogP contribution < -0.4 is 5.32 Å². The molecule has 1 aliphatic heterocycles. The summed E-state index contributed by atoms with van der Waals surface area (Å²) in [6, 6.07) is 6.54. The molecule has 1 atom stereocenters. The highest BCUT2D eigenvalue weighted by molar-refractivity contribution is 6.47. The Morgan fingerprint density at radius 3 is 2.11 bits per heavy atom. The number of nitrogens with one attached hydrogen (secondary N) is 1. The van der Waals surface area contributed by atoms with E-state index in [4.69, 9.17) is 9.31 Å². The van der Waals surface area contributed by atoms with E-state index in [2.05, 4.69) is 5.32 Å². The molecule has 0 bridgehead atoms. The lowest BCUT2D eigenvalue weighted by Gasteiger charge is -2.32. The van der Waals surface area contributed by atoms with Crippen LogP contribution in [0.1, 0.15) is 60.5 Å². The highest BCUT2D eigenvalue weighted by Gasteiger charge is 2.53. The SMILES string of the molecule is CC(C)(C)C(=O)NC[C@@H](CCc1ccc(F)cc1)B1OC(C)(C)C(C)(C)O1. The Morgan fingerprint density at radius 2 is 1.63 bits per heavy atom. The summed E-state index contributed by atoms with van der Waals surface area (Å²) in [7, 11) is -0.393. The lowest BCUT2D eigenvalue weighted by molar-refractivity contribution is -0.128. The van der Waals surface area contributed by atoms with Gasteiger partial charge < -0.3 is 14.6 Å². The summed E-state index contributed by atoms with van der Waals surface area (Å²) >= 11 is 0. The van der Waals surface area contributed by atoms with E-state index in [1.165, 1.54) is 12.1 Å². The molecule has 1 amide bonds. The van der Waals surface area contributed by atoms with Crippen molar-refractivity contribution >= 4 is 13.0 Å². The third-order valence-corrected chi connectivity index (χ3v) is 5.58. The lowest BCUT2D eigenvalue weighted by atomic mass is 9.68. The van der Waals surface area contributed by atoms with Crippen molar-refractivity contribution in [1.82, 2.24) is 5.32 Å². The molecular weight excluding hydrogens is 344 g/mol. The summed E-state index contributed by atoms with van der Waals surface area (Å²) in [5.41, 5.74) is -0.225. The van der Waals surface area contributed by atoms with Crippen LogP contribution in [0.15, 0.2) is 24.3 Å². The molecule has 0 saturated carbocycles. The van der Waals surface area contributed by atoms with Gasteiger partial charge in [-0.3, -0.25) is 4.79 Å². The van der Waals surface area contributed by atoms with Crippen molar-refractivity contribution in [2.75, 3.05) is 6.54 Å². The minimum atomic E-state index is -0.447. The zero-order valence-corrected chi connectivity index (χ0v) is 17.7. The third-order valence-electron chi connectivity index (χ3n) is 5.58. The molecule has 0 unspecified atom stereocenters. The van der Waals surface area contributed by atoms with Crippen molar-refractivity contribution in [3.63, 3.8) is 0 Å². The molecule has 1 aromatic rings. The van der Waals surface area contributed by atoms with Crippen LogP contribution in [0, 0.1) is 11.2 Å². The summed E-state index contributed by atoms with van der Waals surface area (Å²) in [5, 5.41) is 3.04. The van der Waals surface area contributed by atoms with Gasteiger partial charge in [0.15, 0.2) is 0 Å². The standard InChI is InChI=1S/C21H33BFNO3/c1-19(2,3)18(25)24-14-16(11-8-15-9-12-17(23)13-10-15)22-26-20(4,5)21(6,7)27-22/h9-10,12-13,16H,8,11,14H2,1-7H3,(H,24,25)/t16-/m1/s1. The molecule has 1 N–H and O–H groups in total. The average Bonchev–Trinajstić information content (AvgIpc) is 2.75. The Balaban J connectivity index is 2.08. The molecule has 27 heavy (non-hydrogen) atoms. The van der Waals surface area contributed by atoms with Crippen molar-refractivity contribution < 1.29 is 18.5 Å². The maximum Gasteiger partial charge on any atom is 0.462 e. The second-order valence-corrected chi connectivity index (χ2v) is 9.51. The van der Waals surface area contributed by atoms with Gasteiger partial charge in [0.05, 0.1) is 11.2 Å². The first-order valence-electron chi connectivity index (χ1n) is 9.70. The second-order valence-electron chi connectivity index (χ2n) is 9.51. The number of amides is 1. The van der Waals surface area contributed by atoms with Gasteiger partial charge in [-0.2, -0.15) is 0 Å². The van der Waals surface area contributed by atoms with Crippen LogP contribution >= 0.6 is 0 Å². The van der Waals surface area contributed by atoms with Gasteiger partial charge in [0, 0.05) is 17.8 Å². The number of hydrogen-bond acceptors (Lipinski definition) is 3. The average molecular weight is 377 g/mol. The summed E-state index contributed by atoms with van der Waals surface area (Å²) in [4.78, 5) is 12.3. The largest absolute Gasteiger partial charge is 0.462 e. The Bertz CT molecular complexity index is 636. The predicted octanol–water partition coefficient (Wildman–Crippen LogP) is 4.38. The van der Waals surface area contributed by atoms with Crippen molar-refractivity contribution in [2.45, 2.75) is 78.3 Å². The van der Waals surface area contributed by atoms with E-state index in [9.17, 15) is 9.18 Å². The summed E-state index contributed by atoms with van der Waals surface area (Å²) < 4.78 is 25.6. The quantitative estimate of drug-likeness (QED) is 0.749. The fourth-order valence-electron chi connectivity index (χ4n) is 2.91. The molecule has 1 aromatic carbocycles. The van der Waals surface area contributed by atoms with Crippen LogP contribution in [0.2, 0.25) is 5.82 Å². The van der Waals surface area contributed by atoms with Crippen LogP contribution in [-0.4, -0.2) is 30.8 Å². The van der Waals surface area contributed by atoms with E-state index in [0.717, 1.165) is 18.4 Å². The van der Waals surface area contributed by atoms with E-state index < -0.39 is 23.7 Å². The highest BCUT2D eigenvalue weighted by Crippen LogP contribution is 2.41. The van der Waals surface area contributed by atoms with Gasteiger partial charge in [-0.1, -0.05) is 32.9 Å². The first-order valence-corrected chi connectivity index (χ1v) is 9.70. The minimum Gasteiger partial charge on any atom is -0.403 e. The lowest BCUT2D eigenvalue weighted by Crippen LogP contribution is -2.41. The Hall–Kier alpha value is -1.40. The van der Waals surface area contributed by atoms with Crippen LogP contribution in [0.4, 0.5) is 4.39 Å². The Morgan fingerprint density at radius 1 is 1.11 bits per heavy atom. The van der Waals surface area contributed by atoms with Crippen LogP contribution in [0.25, 0.3) is 0 Å². The summed E-state index contributed by atoms with van der Waals surface area (Å²) in [5.74, 6) is -0.230. The topological polar surface area (TPSA) is 47.6 Å². The number of carbonyl (C=O) groups excluding carboxylic acids is 1. The zero-order chi connectivity index (χ0) is 20.5. The summed E-state index contributed by atoms with van der Waals surface area (Å²) in [6.45, 7) is 14.3. The van der Waals surface area contributed by atoms with Gasteiger partial charge in [0.1, 0.15) is 5.82 Å². The Kier molecular flexibility index (Phi) is 6.42. The molecule has 150 valence electrons. The maximum absolute atomic E-state index is 13.1. The van der Waals surface area contributed by atoms with Crippen LogP contribution in [-0.2, 0) is 20.5 Å². The molecule has 1 aliphatic rings. The van der Waals surface area contributed by atoms with Gasteiger partial charge in [0.25, 0.3) is 0 Å². The first-order chi connectivity index (χ1) is 12.3. The zero-order valence-electron chi connectivity index (χ0n) is 17.7. The van der Waals surface area contributed by atoms with E-state index in [1.54, 1.807) is 12.1 Å². The molecule has 0 aliphatic carbocycles. The van der Waals surface area contributed by atoms with Crippen LogP contribution in [0.3, 0.4) is 0 Å². The van der Waals surface area contributed by atoms with Crippen molar-refractivity contribution in [2.24, 2.45) is 5.41 Å². The maximum atomic E-state index is 13.1. The minimum absolute atomic E-state index is 0.00223. The van der Waals surface area contributed by atoms with Crippen molar-refractivity contribution in [1.29, 1.82) is 0 Å². The number of hydrogen-bond donors (Lipinski definition) is 1. The molecular formula is C21H33BFNO3. The van der Waals surface area contributed by atoms with E-state index >= 15 is 0 Å². The van der Waals surface area contributed by atoms with Gasteiger partial charge in [-0.15, -0.1) is 0 Å². The van der Waals surface area contributed by atoms with Crippen molar-refractivity contribution in [3.05, 3.63) is 35.6 Å². The molecule has 0 radical (unpaired) electrons. The fourth-order valence-corrected chi connectivity index (χ4v) is 2.91. The molecule has 1 fully saturated rings. The molecule has 0 spiro atoms. The number of carbonyl (C=O) groups is 1. The van der Waals surface area contributed by atoms with E-state index in [1.807, 2.05) is 48.5 Å². The molecule has 1 heterocycles.